The van der Waals surface area contributed by atoms with E-state index in [4.69, 9.17) is 4.42 Å². The van der Waals surface area contributed by atoms with Gasteiger partial charge in [0.25, 0.3) is 5.91 Å². The summed E-state index contributed by atoms with van der Waals surface area (Å²) in [5, 5.41) is 8.92. The lowest BCUT2D eigenvalue weighted by Gasteiger charge is -2.09. The van der Waals surface area contributed by atoms with E-state index >= 15 is 0 Å². The molecular weight excluding hydrogens is 418 g/mol. The molecule has 0 saturated carbocycles. The van der Waals surface area contributed by atoms with Crippen molar-refractivity contribution in [3.05, 3.63) is 89.6 Å². The number of nitrogens with one attached hydrogen (secondary N) is 2. The lowest BCUT2D eigenvalue weighted by Crippen LogP contribution is -2.22. The number of H-pyrrole nitrogens is 1. The summed E-state index contributed by atoms with van der Waals surface area (Å²) < 4.78 is 5.73. The van der Waals surface area contributed by atoms with Crippen LogP contribution in [-0.4, -0.2) is 32.1 Å². The van der Waals surface area contributed by atoms with Crippen molar-refractivity contribution in [3.63, 3.8) is 0 Å². The highest BCUT2D eigenvalue weighted by Gasteiger charge is 2.27. The van der Waals surface area contributed by atoms with Gasteiger partial charge in [-0.1, -0.05) is 0 Å². The molecule has 5 rings (SSSR count). The van der Waals surface area contributed by atoms with E-state index < -0.39 is 0 Å². The zero-order chi connectivity index (χ0) is 22.6. The standard InChI is InChI=1S/C24H21N7O2/c1-16-19(14-27-12-17-4-6-25-7-5-17)23(21-3-2-10-33-21)20(30-16)11-18-13-29-31(24(18)32)22-15-26-8-9-28-22/h2-11,13,15,27,30H,12,14H2,1H3/b18-11+. The maximum absolute atomic E-state index is 12.9. The molecule has 9 nitrogen and oxygen atoms in total. The van der Waals surface area contributed by atoms with Gasteiger partial charge in [0.1, 0.15) is 5.76 Å². The Morgan fingerprint density at radius 3 is 2.76 bits per heavy atom. The SMILES string of the molecule is Cc1[nH]c(/C=C2\C=NN(c3cnccn3)C2=O)c(-c2ccco2)c1CNCc1ccncc1. The van der Waals surface area contributed by atoms with Crippen molar-refractivity contribution in [2.45, 2.75) is 20.0 Å². The number of aryl methyl sites for hydroxylation is 1. The Kier molecular flexibility index (Phi) is 5.61. The van der Waals surface area contributed by atoms with Crippen LogP contribution in [0, 0.1) is 6.92 Å². The minimum absolute atomic E-state index is 0.273. The average molecular weight is 439 g/mol. The van der Waals surface area contributed by atoms with Crippen LogP contribution in [0.5, 0.6) is 0 Å². The number of hydrogen-bond acceptors (Lipinski definition) is 7. The number of aromatic nitrogens is 4. The normalized spacial score (nSPS) is 14.5. The molecule has 0 fully saturated rings. The Morgan fingerprint density at radius 2 is 2.00 bits per heavy atom. The Bertz CT molecular complexity index is 1310. The third-order valence-electron chi connectivity index (χ3n) is 5.31. The fourth-order valence-electron chi connectivity index (χ4n) is 3.72. The summed E-state index contributed by atoms with van der Waals surface area (Å²) in [6.45, 7) is 3.34. The number of amides is 1. The van der Waals surface area contributed by atoms with Gasteiger partial charge in [-0.25, -0.2) is 4.98 Å². The maximum atomic E-state index is 12.9. The van der Waals surface area contributed by atoms with Gasteiger partial charge in [-0.3, -0.25) is 14.8 Å². The minimum atomic E-state index is -0.273. The molecule has 164 valence electrons. The summed E-state index contributed by atoms with van der Waals surface area (Å²) in [5.74, 6) is 0.822. The van der Waals surface area contributed by atoms with Gasteiger partial charge in [0.15, 0.2) is 5.82 Å². The second kappa shape index (κ2) is 9.01. The number of furan rings is 1. The van der Waals surface area contributed by atoms with E-state index in [9.17, 15) is 4.79 Å². The smallest absolute Gasteiger partial charge is 0.281 e. The second-order valence-electron chi connectivity index (χ2n) is 7.48. The molecule has 0 radical (unpaired) electrons. The van der Waals surface area contributed by atoms with E-state index in [1.807, 2.05) is 31.2 Å². The molecule has 2 N–H and O–H groups in total. The van der Waals surface area contributed by atoms with Crippen molar-refractivity contribution in [1.29, 1.82) is 0 Å². The average Bonchev–Trinajstić information content (AvgIpc) is 3.56. The number of carbonyl (C=O) groups excluding carboxylic acids is 1. The zero-order valence-corrected chi connectivity index (χ0v) is 17.9. The predicted octanol–water partition coefficient (Wildman–Crippen LogP) is 3.47. The summed E-state index contributed by atoms with van der Waals surface area (Å²) in [5.41, 5.74) is 5.33. The number of hydrogen-bond donors (Lipinski definition) is 2. The number of anilines is 1. The third kappa shape index (κ3) is 4.21. The molecule has 4 aromatic heterocycles. The van der Waals surface area contributed by atoms with E-state index in [2.05, 4.69) is 30.4 Å². The van der Waals surface area contributed by atoms with Crippen LogP contribution >= 0.6 is 0 Å². The van der Waals surface area contributed by atoms with Crippen molar-refractivity contribution in [2.75, 3.05) is 5.01 Å². The fraction of sp³-hybridized carbons (Fsp3) is 0.125. The van der Waals surface area contributed by atoms with Crippen LogP contribution in [0.2, 0.25) is 0 Å². The summed E-state index contributed by atoms with van der Waals surface area (Å²) in [7, 11) is 0. The first kappa shape index (κ1) is 20.5. The van der Waals surface area contributed by atoms with Crippen molar-refractivity contribution in [2.24, 2.45) is 5.10 Å². The fourth-order valence-corrected chi connectivity index (χ4v) is 3.72. The van der Waals surface area contributed by atoms with Crippen LogP contribution in [-0.2, 0) is 17.9 Å². The lowest BCUT2D eigenvalue weighted by atomic mass is 10.0. The van der Waals surface area contributed by atoms with E-state index in [0.717, 1.165) is 33.8 Å². The van der Waals surface area contributed by atoms with E-state index in [-0.39, 0.29) is 5.91 Å². The Morgan fingerprint density at radius 1 is 1.12 bits per heavy atom. The first-order valence-electron chi connectivity index (χ1n) is 10.4. The van der Waals surface area contributed by atoms with Gasteiger partial charge in [-0.2, -0.15) is 10.1 Å². The molecule has 5 heterocycles. The van der Waals surface area contributed by atoms with Gasteiger partial charge in [0.2, 0.25) is 0 Å². The van der Waals surface area contributed by atoms with Gasteiger partial charge < -0.3 is 14.7 Å². The zero-order valence-electron chi connectivity index (χ0n) is 17.9. The first-order chi connectivity index (χ1) is 16.2. The second-order valence-corrected chi connectivity index (χ2v) is 7.48. The van der Waals surface area contributed by atoms with Crippen LogP contribution in [0.25, 0.3) is 17.4 Å². The van der Waals surface area contributed by atoms with Crippen LogP contribution < -0.4 is 10.3 Å². The van der Waals surface area contributed by atoms with Crippen molar-refractivity contribution >= 4 is 24.0 Å². The number of pyridine rings is 1. The largest absolute Gasteiger partial charge is 0.464 e. The molecule has 0 unspecified atom stereocenters. The molecular formula is C24H21N7O2. The number of aromatic amines is 1. The molecule has 4 aromatic rings. The molecule has 0 saturated heterocycles. The number of rotatable bonds is 7. The van der Waals surface area contributed by atoms with Gasteiger partial charge in [0, 0.05) is 49.1 Å². The summed E-state index contributed by atoms with van der Waals surface area (Å²) >= 11 is 0. The van der Waals surface area contributed by atoms with Gasteiger partial charge >= 0.3 is 0 Å². The maximum Gasteiger partial charge on any atom is 0.281 e. The highest BCUT2D eigenvalue weighted by Crippen LogP contribution is 2.33. The molecule has 0 bridgehead atoms. The van der Waals surface area contributed by atoms with Gasteiger partial charge in [-0.15, -0.1) is 0 Å². The number of hydrazone groups is 1. The molecule has 0 aromatic carbocycles. The molecule has 9 heteroatoms. The van der Waals surface area contributed by atoms with E-state index in [1.165, 1.54) is 23.6 Å². The quantitative estimate of drug-likeness (QED) is 0.427. The molecule has 1 amide bonds. The van der Waals surface area contributed by atoms with Crippen LogP contribution in [0.15, 0.2) is 76.6 Å². The lowest BCUT2D eigenvalue weighted by molar-refractivity contribution is -0.114. The van der Waals surface area contributed by atoms with E-state index in [1.54, 1.807) is 30.9 Å². The number of carbonyl (C=O) groups is 1. The molecule has 33 heavy (non-hydrogen) atoms. The highest BCUT2D eigenvalue weighted by molar-refractivity contribution is 6.25. The van der Waals surface area contributed by atoms with Crippen molar-refractivity contribution < 1.29 is 9.21 Å². The topological polar surface area (TPSA) is 112 Å². The minimum Gasteiger partial charge on any atom is -0.464 e. The van der Waals surface area contributed by atoms with Crippen molar-refractivity contribution in [3.8, 4) is 11.3 Å². The Hall–Kier alpha value is -4.37. The summed E-state index contributed by atoms with van der Waals surface area (Å²) in [6.07, 6.45) is 13.1. The highest BCUT2D eigenvalue weighted by atomic mass is 16.3. The molecule has 1 aliphatic rings. The molecule has 0 spiro atoms. The molecule has 0 atom stereocenters. The van der Waals surface area contributed by atoms with Crippen LogP contribution in [0.1, 0.15) is 22.5 Å². The monoisotopic (exact) mass is 439 g/mol. The number of nitrogens with zero attached hydrogens (tertiary/aromatic N) is 5. The Labute approximate surface area is 189 Å². The molecule has 0 aliphatic carbocycles. The van der Waals surface area contributed by atoms with E-state index in [0.29, 0.717) is 24.5 Å². The van der Waals surface area contributed by atoms with Gasteiger partial charge in [0.05, 0.1) is 29.9 Å². The summed E-state index contributed by atoms with van der Waals surface area (Å²) in [6, 6.07) is 7.72. The van der Waals surface area contributed by atoms with Crippen LogP contribution in [0.3, 0.4) is 0 Å². The molecule has 1 aliphatic heterocycles. The third-order valence-corrected chi connectivity index (χ3v) is 5.31. The predicted molar refractivity (Wildman–Crippen MR) is 124 cm³/mol. The van der Waals surface area contributed by atoms with Crippen LogP contribution in [0.4, 0.5) is 5.82 Å². The Balaban J connectivity index is 1.44. The van der Waals surface area contributed by atoms with Crippen molar-refractivity contribution in [1.82, 2.24) is 25.3 Å². The van der Waals surface area contributed by atoms with Gasteiger partial charge in [-0.05, 0) is 48.4 Å². The summed E-state index contributed by atoms with van der Waals surface area (Å²) in [4.78, 5) is 28.6. The first-order valence-corrected chi connectivity index (χ1v) is 10.4.